The maximum atomic E-state index is 6.48. The Kier molecular flexibility index (Phi) is 7.75. The van der Waals surface area contributed by atoms with E-state index in [0.29, 0.717) is 0 Å². The summed E-state index contributed by atoms with van der Waals surface area (Å²) in [4.78, 5) is 0. The van der Waals surface area contributed by atoms with Gasteiger partial charge in [-0.05, 0) is 12.1 Å². The molecule has 2 aromatic rings. The SMILES string of the molecule is C[CH2][Al]([CH2]C)[c]1ccccc1Oc1cccc[c]1[Al]([CH2]C)[CH2]C. The van der Waals surface area contributed by atoms with Gasteiger partial charge in [-0.2, -0.15) is 0 Å². The fourth-order valence-electron chi connectivity index (χ4n) is 3.40. The molecule has 0 unspecified atom stereocenters. The van der Waals surface area contributed by atoms with Crippen LogP contribution in [0.15, 0.2) is 48.5 Å². The maximum absolute atomic E-state index is 6.48. The summed E-state index contributed by atoms with van der Waals surface area (Å²) in [6.07, 6.45) is 0. The van der Waals surface area contributed by atoms with Crippen LogP contribution in [0.5, 0.6) is 11.5 Å². The Bertz CT molecular complexity index is 551. The fourth-order valence-corrected chi connectivity index (χ4v) is 8.19. The van der Waals surface area contributed by atoms with Gasteiger partial charge in [-0.25, -0.2) is 0 Å². The van der Waals surface area contributed by atoms with Gasteiger partial charge in [0.25, 0.3) is 0 Å². The summed E-state index contributed by atoms with van der Waals surface area (Å²) in [5.74, 6) is 2.19. The van der Waals surface area contributed by atoms with E-state index in [-0.39, 0.29) is 0 Å². The molecule has 2 aromatic carbocycles. The second kappa shape index (κ2) is 9.56. The lowest BCUT2D eigenvalue weighted by molar-refractivity contribution is 0.490. The summed E-state index contributed by atoms with van der Waals surface area (Å²) in [5, 5.41) is 5.17. The van der Waals surface area contributed by atoms with Crippen molar-refractivity contribution < 1.29 is 4.74 Å². The predicted octanol–water partition coefficient (Wildman–Crippen LogP) is 4.96. The smallest absolute Gasteiger partial charge is 0.311 e. The number of hydrogen-bond donors (Lipinski definition) is 0. The van der Waals surface area contributed by atoms with Crippen LogP contribution in [0.25, 0.3) is 0 Å². The van der Waals surface area contributed by atoms with E-state index in [2.05, 4.69) is 76.2 Å². The van der Waals surface area contributed by atoms with Crippen molar-refractivity contribution in [3.05, 3.63) is 48.5 Å². The van der Waals surface area contributed by atoms with Gasteiger partial charge < -0.3 is 4.74 Å². The van der Waals surface area contributed by atoms with Gasteiger partial charge in [0.05, 0.1) is 0 Å². The van der Waals surface area contributed by atoms with Gasteiger partial charge in [0.1, 0.15) is 11.5 Å². The normalized spacial score (nSPS) is 10.4. The summed E-state index contributed by atoms with van der Waals surface area (Å²) >= 11 is -1.80. The Morgan fingerprint density at radius 2 is 0.957 bits per heavy atom. The highest BCUT2D eigenvalue weighted by atomic mass is 27.2. The van der Waals surface area contributed by atoms with Crippen molar-refractivity contribution in [2.24, 2.45) is 0 Å². The molecule has 0 spiro atoms. The van der Waals surface area contributed by atoms with Gasteiger partial charge in [-0.15, -0.1) is 0 Å². The Hall–Kier alpha value is -0.695. The van der Waals surface area contributed by atoms with Crippen molar-refractivity contribution >= 4 is 37.1 Å². The second-order valence-electron chi connectivity index (χ2n) is 6.20. The minimum atomic E-state index is -0.899. The first kappa shape index (κ1) is 18.6. The number of ether oxygens (including phenoxy) is 1. The molecule has 0 bridgehead atoms. The summed E-state index contributed by atoms with van der Waals surface area (Å²) < 4.78 is 9.45. The molecule has 0 aromatic heterocycles. The average Bonchev–Trinajstić information content (AvgIpc) is 2.60. The zero-order valence-electron chi connectivity index (χ0n) is 15.0. The highest BCUT2D eigenvalue weighted by molar-refractivity contribution is 6.74. The van der Waals surface area contributed by atoms with Crippen LogP contribution in [0, 0.1) is 0 Å². The molecule has 0 aliphatic rings. The average molecular weight is 338 g/mol. The summed E-state index contributed by atoms with van der Waals surface area (Å²) in [6, 6.07) is 17.4. The van der Waals surface area contributed by atoms with E-state index in [1.165, 1.54) is 30.0 Å². The maximum Gasteiger partial charge on any atom is 0.311 e. The van der Waals surface area contributed by atoms with Crippen molar-refractivity contribution in [1.29, 1.82) is 0 Å². The minimum absolute atomic E-state index is 0.899. The van der Waals surface area contributed by atoms with Crippen molar-refractivity contribution in [2.75, 3.05) is 0 Å². The Morgan fingerprint density at radius 1 is 0.609 bits per heavy atom. The Morgan fingerprint density at radius 3 is 1.30 bits per heavy atom. The van der Waals surface area contributed by atoms with Crippen molar-refractivity contribution in [3.63, 3.8) is 0 Å². The van der Waals surface area contributed by atoms with Crippen LogP contribution in [0.4, 0.5) is 0 Å². The first-order valence-electron chi connectivity index (χ1n) is 9.10. The van der Waals surface area contributed by atoms with Gasteiger partial charge in [0.15, 0.2) is 0 Å². The largest absolute Gasteiger partial charge is 0.460 e. The van der Waals surface area contributed by atoms with Crippen LogP contribution in [0.2, 0.25) is 21.1 Å². The van der Waals surface area contributed by atoms with Crippen molar-refractivity contribution in [3.8, 4) is 11.5 Å². The first-order chi connectivity index (χ1) is 11.2. The van der Waals surface area contributed by atoms with Crippen LogP contribution in [0.1, 0.15) is 27.7 Å². The monoisotopic (exact) mass is 338 g/mol. The van der Waals surface area contributed by atoms with Crippen LogP contribution >= 0.6 is 0 Å². The van der Waals surface area contributed by atoms with E-state index >= 15 is 0 Å². The van der Waals surface area contributed by atoms with E-state index in [1.54, 1.807) is 0 Å². The Balaban J connectivity index is 2.37. The second-order valence-corrected chi connectivity index (χ2v) is 13.5. The van der Waals surface area contributed by atoms with Crippen molar-refractivity contribution in [1.82, 2.24) is 0 Å². The lowest BCUT2D eigenvalue weighted by Gasteiger charge is -2.18. The molecule has 0 fully saturated rings. The van der Waals surface area contributed by atoms with Crippen LogP contribution < -0.4 is 13.6 Å². The molecule has 0 N–H and O–H groups in total. The van der Waals surface area contributed by atoms with Crippen LogP contribution in [-0.2, 0) is 0 Å². The fraction of sp³-hybridized carbons (Fsp3) is 0.400. The molecule has 1 nitrogen and oxygen atoms in total. The van der Waals surface area contributed by atoms with Crippen LogP contribution in [0.3, 0.4) is 0 Å². The number of para-hydroxylation sites is 2. The summed E-state index contributed by atoms with van der Waals surface area (Å²) in [7, 11) is 0. The topological polar surface area (TPSA) is 9.23 Å². The lowest BCUT2D eigenvalue weighted by atomic mass is 10.3. The summed E-state index contributed by atoms with van der Waals surface area (Å²) in [6.45, 7) is 9.29. The Labute approximate surface area is 150 Å². The zero-order valence-corrected chi connectivity index (χ0v) is 17.3. The highest BCUT2D eigenvalue weighted by Crippen LogP contribution is 2.21. The molecule has 120 valence electrons. The van der Waals surface area contributed by atoms with Gasteiger partial charge >= 0.3 is 28.3 Å². The minimum Gasteiger partial charge on any atom is -0.460 e. The van der Waals surface area contributed by atoms with Crippen molar-refractivity contribution in [2.45, 2.75) is 48.8 Å². The molecular weight excluding hydrogens is 310 g/mol. The van der Waals surface area contributed by atoms with E-state index in [4.69, 9.17) is 4.74 Å². The van der Waals surface area contributed by atoms with Gasteiger partial charge in [0.2, 0.25) is 0 Å². The van der Waals surface area contributed by atoms with Crippen LogP contribution in [-0.4, -0.2) is 28.3 Å². The summed E-state index contributed by atoms with van der Waals surface area (Å²) in [5.41, 5.74) is 0. The van der Waals surface area contributed by atoms with E-state index in [0.717, 1.165) is 11.5 Å². The molecule has 0 amide bonds. The predicted molar refractivity (Wildman–Crippen MR) is 106 cm³/mol. The standard InChI is InChI=1S/C12H8O.4C2H5.2Al/c1-3-7-11(8-4-1)13-12-9-5-2-6-10-12;4*1-2;;/h1-7,9H;4*1H2,2H3;;. The molecular formula is C20H28Al2O. The molecule has 0 radical (unpaired) electrons. The first-order valence-corrected chi connectivity index (χ1v) is 13.5. The molecule has 0 saturated heterocycles. The molecule has 0 atom stereocenters. The molecule has 0 heterocycles. The third-order valence-corrected chi connectivity index (χ3v) is 11.6. The molecule has 3 heteroatoms. The number of rotatable bonds is 8. The van der Waals surface area contributed by atoms with Gasteiger partial charge in [-0.1, -0.05) is 94.1 Å². The third-order valence-electron chi connectivity index (χ3n) is 4.91. The molecule has 0 aliphatic heterocycles. The third kappa shape index (κ3) is 4.65. The number of hydrogen-bond acceptors (Lipinski definition) is 1. The zero-order chi connectivity index (χ0) is 16.7. The highest BCUT2D eigenvalue weighted by Gasteiger charge is 2.22. The lowest BCUT2D eigenvalue weighted by Crippen LogP contribution is -2.32. The molecule has 0 saturated carbocycles. The quantitative estimate of drug-likeness (QED) is 0.618. The van der Waals surface area contributed by atoms with E-state index < -0.39 is 28.3 Å². The molecule has 23 heavy (non-hydrogen) atoms. The number of benzene rings is 2. The van der Waals surface area contributed by atoms with Gasteiger partial charge in [0, 0.05) is 0 Å². The molecule has 0 aliphatic carbocycles. The van der Waals surface area contributed by atoms with E-state index in [1.807, 2.05) is 0 Å². The van der Waals surface area contributed by atoms with Gasteiger partial charge in [-0.3, -0.25) is 0 Å². The molecule has 2 rings (SSSR count). The van der Waals surface area contributed by atoms with E-state index in [9.17, 15) is 0 Å².